The molecule has 0 heterocycles. The van der Waals surface area contributed by atoms with Crippen molar-refractivity contribution in [3.05, 3.63) is 94.5 Å². The SMILES string of the molecule is CCCN(C(=O)C(Cc1ccc(O)cc1)NC(=O)OC(C)(C)C)C(C(=O)Nc1ccccc1C)c1cc(C)cc(C)c1. The number of aromatic hydroxyl groups is 1. The molecule has 0 fully saturated rings. The molecular weight excluding hydrogens is 530 g/mol. The quantitative estimate of drug-likeness (QED) is 0.261. The highest BCUT2D eigenvalue weighted by Crippen LogP contribution is 2.28. The predicted octanol–water partition coefficient (Wildman–Crippen LogP) is 6.37. The zero-order chi connectivity index (χ0) is 31.0. The van der Waals surface area contributed by atoms with Gasteiger partial charge in [-0.15, -0.1) is 0 Å². The minimum Gasteiger partial charge on any atom is -0.508 e. The third kappa shape index (κ3) is 9.09. The first-order valence-electron chi connectivity index (χ1n) is 14.3. The molecule has 0 saturated heterocycles. The van der Waals surface area contributed by atoms with Gasteiger partial charge in [-0.2, -0.15) is 0 Å². The summed E-state index contributed by atoms with van der Waals surface area (Å²) in [6, 6.07) is 17.8. The summed E-state index contributed by atoms with van der Waals surface area (Å²) >= 11 is 0. The highest BCUT2D eigenvalue weighted by Gasteiger charge is 2.36. The summed E-state index contributed by atoms with van der Waals surface area (Å²) in [7, 11) is 0. The smallest absolute Gasteiger partial charge is 0.408 e. The summed E-state index contributed by atoms with van der Waals surface area (Å²) in [5.74, 6) is -0.672. The van der Waals surface area contributed by atoms with E-state index in [1.54, 1.807) is 37.8 Å². The zero-order valence-electron chi connectivity index (χ0n) is 25.7. The van der Waals surface area contributed by atoms with Gasteiger partial charge in [0.2, 0.25) is 5.91 Å². The van der Waals surface area contributed by atoms with Gasteiger partial charge in [0, 0.05) is 18.7 Å². The highest BCUT2D eigenvalue weighted by molar-refractivity contribution is 5.99. The molecule has 0 aromatic heterocycles. The molecule has 0 saturated carbocycles. The lowest BCUT2D eigenvalue weighted by Gasteiger charge is -2.35. The topological polar surface area (TPSA) is 108 Å². The van der Waals surface area contributed by atoms with Crippen molar-refractivity contribution >= 4 is 23.6 Å². The molecular formula is C34H43N3O5. The number of amides is 3. The van der Waals surface area contributed by atoms with Crippen molar-refractivity contribution in [1.29, 1.82) is 0 Å². The number of carbonyl (C=O) groups excluding carboxylic acids is 3. The molecule has 42 heavy (non-hydrogen) atoms. The number of nitrogens with one attached hydrogen (secondary N) is 2. The number of carbonyl (C=O) groups is 3. The van der Waals surface area contributed by atoms with Crippen LogP contribution in [0.3, 0.4) is 0 Å². The Morgan fingerprint density at radius 2 is 1.55 bits per heavy atom. The van der Waals surface area contributed by atoms with Gasteiger partial charge in [0.25, 0.3) is 5.91 Å². The first-order chi connectivity index (χ1) is 19.8. The van der Waals surface area contributed by atoms with Crippen molar-refractivity contribution < 1.29 is 24.2 Å². The normalized spacial score (nSPS) is 12.6. The van der Waals surface area contributed by atoms with Crippen LogP contribution < -0.4 is 10.6 Å². The van der Waals surface area contributed by atoms with Crippen LogP contribution in [0.4, 0.5) is 10.5 Å². The van der Waals surface area contributed by atoms with Crippen molar-refractivity contribution in [3.63, 3.8) is 0 Å². The number of para-hydroxylation sites is 1. The Bertz CT molecular complexity index is 1370. The second kappa shape index (κ2) is 14.0. The van der Waals surface area contributed by atoms with Gasteiger partial charge in [0.05, 0.1) is 0 Å². The molecule has 0 bridgehead atoms. The second-order valence-electron chi connectivity index (χ2n) is 11.7. The van der Waals surface area contributed by atoms with E-state index in [1.807, 2.05) is 70.2 Å². The van der Waals surface area contributed by atoms with Crippen LogP contribution in [0.25, 0.3) is 0 Å². The van der Waals surface area contributed by atoms with Crippen LogP contribution in [-0.4, -0.2) is 46.1 Å². The van der Waals surface area contributed by atoms with Crippen LogP contribution in [0.5, 0.6) is 5.75 Å². The number of nitrogens with zero attached hydrogens (tertiary/aromatic N) is 1. The average molecular weight is 574 g/mol. The number of hydrogen-bond acceptors (Lipinski definition) is 5. The van der Waals surface area contributed by atoms with Crippen LogP contribution in [0.15, 0.2) is 66.7 Å². The van der Waals surface area contributed by atoms with E-state index in [4.69, 9.17) is 4.74 Å². The number of ether oxygens (including phenoxy) is 1. The summed E-state index contributed by atoms with van der Waals surface area (Å²) in [4.78, 5) is 43.0. The van der Waals surface area contributed by atoms with Crippen molar-refractivity contribution in [2.75, 3.05) is 11.9 Å². The fourth-order valence-electron chi connectivity index (χ4n) is 4.88. The molecule has 3 amide bonds. The number of rotatable bonds is 10. The van der Waals surface area contributed by atoms with Gasteiger partial charge in [-0.3, -0.25) is 9.59 Å². The maximum Gasteiger partial charge on any atom is 0.408 e. The summed E-state index contributed by atoms with van der Waals surface area (Å²) < 4.78 is 5.49. The summed E-state index contributed by atoms with van der Waals surface area (Å²) in [6.07, 6.45) is -0.0102. The molecule has 224 valence electrons. The molecule has 8 heteroatoms. The molecule has 3 N–H and O–H groups in total. The van der Waals surface area contributed by atoms with E-state index < -0.39 is 29.7 Å². The Morgan fingerprint density at radius 3 is 2.12 bits per heavy atom. The molecule has 2 atom stereocenters. The summed E-state index contributed by atoms with van der Waals surface area (Å²) in [6.45, 7) is 13.3. The van der Waals surface area contributed by atoms with E-state index in [9.17, 15) is 19.5 Å². The van der Waals surface area contributed by atoms with Crippen molar-refractivity contribution in [2.24, 2.45) is 0 Å². The Morgan fingerprint density at radius 1 is 0.929 bits per heavy atom. The van der Waals surface area contributed by atoms with E-state index in [-0.39, 0.29) is 24.6 Å². The van der Waals surface area contributed by atoms with Gasteiger partial charge < -0.3 is 25.4 Å². The van der Waals surface area contributed by atoms with E-state index in [2.05, 4.69) is 10.6 Å². The van der Waals surface area contributed by atoms with Gasteiger partial charge in [0.15, 0.2) is 0 Å². The van der Waals surface area contributed by atoms with Crippen LogP contribution in [0.2, 0.25) is 0 Å². The van der Waals surface area contributed by atoms with Crippen LogP contribution in [0.1, 0.15) is 68.0 Å². The molecule has 0 aliphatic heterocycles. The van der Waals surface area contributed by atoms with Gasteiger partial charge in [0.1, 0.15) is 23.4 Å². The average Bonchev–Trinajstić information content (AvgIpc) is 2.88. The number of alkyl carbamates (subject to hydrolysis) is 1. The van der Waals surface area contributed by atoms with Gasteiger partial charge in [-0.05, 0) is 82.9 Å². The lowest BCUT2D eigenvalue weighted by atomic mass is 9.97. The lowest BCUT2D eigenvalue weighted by Crippen LogP contribution is -2.53. The molecule has 0 radical (unpaired) electrons. The minimum absolute atomic E-state index is 0.0945. The van der Waals surface area contributed by atoms with Crippen molar-refractivity contribution in [2.45, 2.75) is 79.0 Å². The zero-order valence-corrected chi connectivity index (χ0v) is 25.7. The van der Waals surface area contributed by atoms with Gasteiger partial charge in [-0.1, -0.05) is 66.6 Å². The Kier molecular flexibility index (Phi) is 10.8. The summed E-state index contributed by atoms with van der Waals surface area (Å²) in [5, 5.41) is 15.6. The molecule has 0 aliphatic carbocycles. The summed E-state index contributed by atoms with van der Waals surface area (Å²) in [5.41, 5.74) is 4.13. The minimum atomic E-state index is -1.03. The Hall–Kier alpha value is -4.33. The standard InChI is InChI=1S/C34H43N3O5/c1-8-17-37(32(40)29(36-33(41)42-34(5,6)7)21-25-13-15-27(38)16-14-25)30(26-19-22(2)18-23(3)20-26)31(39)35-28-12-10-9-11-24(28)4/h9-16,18-20,29-30,38H,8,17,21H2,1-7H3,(H,35,39)(H,36,41). The number of anilines is 1. The molecule has 3 rings (SSSR count). The molecule has 8 nitrogen and oxygen atoms in total. The van der Waals surface area contributed by atoms with Crippen molar-refractivity contribution in [1.82, 2.24) is 10.2 Å². The van der Waals surface area contributed by atoms with E-state index in [0.717, 1.165) is 22.3 Å². The monoisotopic (exact) mass is 573 g/mol. The predicted molar refractivity (Wildman–Crippen MR) is 165 cm³/mol. The fraction of sp³-hybridized carbons (Fsp3) is 0.382. The van der Waals surface area contributed by atoms with Crippen LogP contribution >= 0.6 is 0 Å². The van der Waals surface area contributed by atoms with Crippen molar-refractivity contribution in [3.8, 4) is 5.75 Å². The fourth-order valence-corrected chi connectivity index (χ4v) is 4.88. The maximum absolute atomic E-state index is 14.4. The number of phenols is 1. The van der Waals surface area contributed by atoms with Gasteiger partial charge >= 0.3 is 6.09 Å². The maximum atomic E-state index is 14.4. The van der Waals surface area contributed by atoms with E-state index in [1.165, 1.54) is 12.1 Å². The van der Waals surface area contributed by atoms with E-state index in [0.29, 0.717) is 17.7 Å². The van der Waals surface area contributed by atoms with Gasteiger partial charge in [-0.25, -0.2) is 4.79 Å². The highest BCUT2D eigenvalue weighted by atomic mass is 16.6. The Balaban J connectivity index is 2.08. The second-order valence-corrected chi connectivity index (χ2v) is 11.7. The van der Waals surface area contributed by atoms with Crippen LogP contribution in [0, 0.1) is 20.8 Å². The first-order valence-corrected chi connectivity index (χ1v) is 14.3. The number of phenolic OH excluding ortho intramolecular Hbond substituents is 1. The molecule has 3 aromatic carbocycles. The lowest BCUT2D eigenvalue weighted by molar-refractivity contribution is -0.140. The largest absolute Gasteiger partial charge is 0.508 e. The number of benzene rings is 3. The molecule has 2 unspecified atom stereocenters. The Labute approximate surface area is 249 Å². The number of aryl methyl sites for hydroxylation is 3. The van der Waals surface area contributed by atoms with Crippen LogP contribution in [-0.2, 0) is 20.7 Å². The third-order valence-corrected chi connectivity index (χ3v) is 6.64. The third-order valence-electron chi connectivity index (χ3n) is 6.64. The van der Waals surface area contributed by atoms with E-state index >= 15 is 0 Å². The molecule has 3 aromatic rings. The number of hydrogen-bond donors (Lipinski definition) is 3. The molecule has 0 spiro atoms. The molecule has 0 aliphatic rings. The first kappa shape index (κ1) is 32.2.